The molecule has 0 amide bonds. The molecule has 1 atom stereocenters. The molecule has 1 unspecified atom stereocenters. The van der Waals surface area contributed by atoms with Gasteiger partial charge < -0.3 is 20.1 Å². The molecule has 0 spiro atoms. The number of nitrogens with one attached hydrogen (secondary N) is 2. The van der Waals surface area contributed by atoms with E-state index in [9.17, 15) is 0 Å². The fourth-order valence-electron chi connectivity index (χ4n) is 2.58. The average Bonchev–Trinajstić information content (AvgIpc) is 2.67. The van der Waals surface area contributed by atoms with Gasteiger partial charge in [-0.15, -0.1) is 0 Å². The summed E-state index contributed by atoms with van der Waals surface area (Å²) in [5, 5.41) is 7.95. The van der Waals surface area contributed by atoms with Crippen molar-refractivity contribution in [1.82, 2.24) is 10.3 Å². The molecule has 1 heterocycles. The van der Waals surface area contributed by atoms with Gasteiger partial charge in [0, 0.05) is 17.3 Å². The fraction of sp³-hybridized carbons (Fsp3) is 0.200. The van der Waals surface area contributed by atoms with E-state index in [1.165, 1.54) is 0 Å². The Morgan fingerprint density at radius 3 is 2.69 bits per heavy atom. The summed E-state index contributed by atoms with van der Waals surface area (Å²) in [6, 6.07) is 17.5. The van der Waals surface area contributed by atoms with Gasteiger partial charge in [-0.1, -0.05) is 18.2 Å². The van der Waals surface area contributed by atoms with Gasteiger partial charge in [-0.2, -0.15) is 0 Å². The maximum absolute atomic E-state index is 5.74. The molecule has 5 nitrogen and oxygen atoms in total. The molecule has 0 bridgehead atoms. The maximum Gasteiger partial charge on any atom is 0.171 e. The van der Waals surface area contributed by atoms with Crippen molar-refractivity contribution in [3.05, 3.63) is 60.8 Å². The molecule has 1 aromatic heterocycles. The van der Waals surface area contributed by atoms with Crippen LogP contribution in [0.5, 0.6) is 11.5 Å². The van der Waals surface area contributed by atoms with E-state index in [0.717, 1.165) is 28.1 Å². The van der Waals surface area contributed by atoms with Gasteiger partial charge in [-0.05, 0) is 55.5 Å². The number of rotatable bonds is 6. The Hall–Kier alpha value is -2.86. The third kappa shape index (κ3) is 4.40. The number of hydrogen-bond acceptors (Lipinski definition) is 4. The van der Waals surface area contributed by atoms with Crippen molar-refractivity contribution >= 4 is 33.9 Å². The zero-order valence-electron chi connectivity index (χ0n) is 14.7. The number of aromatic nitrogens is 1. The monoisotopic (exact) mass is 367 g/mol. The second-order valence-electron chi connectivity index (χ2n) is 5.84. The molecule has 3 aromatic rings. The van der Waals surface area contributed by atoms with Crippen LogP contribution >= 0.6 is 12.2 Å². The van der Waals surface area contributed by atoms with Gasteiger partial charge in [-0.25, -0.2) is 0 Å². The molecule has 2 aromatic carbocycles. The highest BCUT2D eigenvalue weighted by atomic mass is 32.1. The lowest BCUT2D eigenvalue weighted by Gasteiger charge is -2.18. The lowest BCUT2D eigenvalue weighted by atomic mass is 10.1. The average molecular weight is 367 g/mol. The van der Waals surface area contributed by atoms with E-state index in [1.54, 1.807) is 13.3 Å². The minimum atomic E-state index is 0.0536. The first-order valence-corrected chi connectivity index (χ1v) is 8.75. The molecule has 0 saturated carbocycles. The number of pyridine rings is 1. The molecule has 0 fully saturated rings. The number of hydrogen-bond donors (Lipinski definition) is 2. The summed E-state index contributed by atoms with van der Waals surface area (Å²) in [5.74, 6) is 1.57. The van der Waals surface area contributed by atoms with Gasteiger partial charge >= 0.3 is 0 Å². The summed E-state index contributed by atoms with van der Waals surface area (Å²) in [7, 11) is 1.64. The first kappa shape index (κ1) is 17.9. The van der Waals surface area contributed by atoms with Crippen LogP contribution in [0.1, 0.15) is 6.92 Å². The topological polar surface area (TPSA) is 55.4 Å². The lowest BCUT2D eigenvalue weighted by molar-refractivity contribution is 0.287. The number of anilines is 1. The summed E-state index contributed by atoms with van der Waals surface area (Å²) >= 11 is 5.44. The summed E-state index contributed by atoms with van der Waals surface area (Å²) in [4.78, 5) is 4.40. The molecule has 134 valence electrons. The predicted molar refractivity (Wildman–Crippen MR) is 109 cm³/mol. The van der Waals surface area contributed by atoms with E-state index in [2.05, 4.69) is 15.6 Å². The lowest BCUT2D eigenvalue weighted by Crippen LogP contribution is -2.39. The molecule has 2 N–H and O–H groups in total. The fourth-order valence-corrected chi connectivity index (χ4v) is 2.89. The Kier molecular flexibility index (Phi) is 5.86. The SMILES string of the molecule is COc1ccc(NC(=S)NC(C)COc2ccccc2)c2cccnc12. The van der Waals surface area contributed by atoms with Crippen molar-refractivity contribution in [2.45, 2.75) is 13.0 Å². The molecule has 0 saturated heterocycles. The summed E-state index contributed by atoms with van der Waals surface area (Å²) in [6.45, 7) is 2.53. The van der Waals surface area contributed by atoms with E-state index in [4.69, 9.17) is 21.7 Å². The van der Waals surface area contributed by atoms with Crippen molar-refractivity contribution in [1.29, 1.82) is 0 Å². The Morgan fingerprint density at radius 2 is 1.92 bits per heavy atom. The highest BCUT2D eigenvalue weighted by Gasteiger charge is 2.10. The zero-order chi connectivity index (χ0) is 18.4. The quantitative estimate of drug-likeness (QED) is 0.643. The van der Waals surface area contributed by atoms with Gasteiger partial charge in [0.1, 0.15) is 23.6 Å². The summed E-state index contributed by atoms with van der Waals surface area (Å²) in [6.07, 6.45) is 1.74. The number of para-hydroxylation sites is 1. The maximum atomic E-state index is 5.74. The minimum absolute atomic E-state index is 0.0536. The van der Waals surface area contributed by atoms with Crippen LogP contribution in [-0.4, -0.2) is 29.9 Å². The van der Waals surface area contributed by atoms with Crippen LogP contribution in [-0.2, 0) is 0 Å². The molecule has 26 heavy (non-hydrogen) atoms. The molecule has 0 aliphatic carbocycles. The molecule has 3 rings (SSSR count). The Labute approximate surface area is 158 Å². The highest BCUT2D eigenvalue weighted by Crippen LogP contribution is 2.29. The number of benzene rings is 2. The van der Waals surface area contributed by atoms with Crippen LogP contribution in [0.25, 0.3) is 10.9 Å². The van der Waals surface area contributed by atoms with Gasteiger partial charge in [-0.3, -0.25) is 4.98 Å². The number of fused-ring (bicyclic) bond motifs is 1. The van der Waals surface area contributed by atoms with E-state index in [1.807, 2.05) is 61.5 Å². The van der Waals surface area contributed by atoms with E-state index < -0.39 is 0 Å². The standard InChI is InChI=1S/C20H21N3O2S/c1-14(13-25-15-7-4-3-5-8-15)22-20(26)23-17-10-11-18(24-2)19-16(17)9-6-12-21-19/h3-12,14H,13H2,1-2H3,(H2,22,23,26). The van der Waals surface area contributed by atoms with Crippen LogP contribution in [0, 0.1) is 0 Å². The van der Waals surface area contributed by atoms with E-state index in [-0.39, 0.29) is 6.04 Å². The van der Waals surface area contributed by atoms with Gasteiger partial charge in [0.25, 0.3) is 0 Å². The Bertz CT molecular complexity index is 887. The second kappa shape index (κ2) is 8.49. The second-order valence-corrected chi connectivity index (χ2v) is 6.25. The number of nitrogens with zero attached hydrogens (tertiary/aromatic N) is 1. The number of thiocarbonyl (C=S) groups is 1. The third-order valence-electron chi connectivity index (χ3n) is 3.82. The molecule has 6 heteroatoms. The van der Waals surface area contributed by atoms with Crippen LogP contribution in [0.2, 0.25) is 0 Å². The van der Waals surface area contributed by atoms with Crippen molar-refractivity contribution in [2.75, 3.05) is 19.0 Å². The smallest absolute Gasteiger partial charge is 0.171 e. The summed E-state index contributed by atoms with van der Waals surface area (Å²) < 4.78 is 11.1. The first-order valence-electron chi connectivity index (χ1n) is 8.34. The van der Waals surface area contributed by atoms with Gasteiger partial charge in [0.2, 0.25) is 0 Å². The van der Waals surface area contributed by atoms with Crippen molar-refractivity contribution in [2.24, 2.45) is 0 Å². The molecule has 0 aliphatic rings. The van der Waals surface area contributed by atoms with E-state index in [0.29, 0.717) is 11.7 Å². The number of ether oxygens (including phenoxy) is 2. The predicted octanol–water partition coefficient (Wildman–Crippen LogP) is 4.00. The number of methoxy groups -OCH3 is 1. The molecule has 0 radical (unpaired) electrons. The highest BCUT2D eigenvalue weighted by molar-refractivity contribution is 7.80. The first-order chi connectivity index (χ1) is 12.7. The van der Waals surface area contributed by atoms with Crippen molar-refractivity contribution in [3.8, 4) is 11.5 Å². The molecular formula is C20H21N3O2S. The van der Waals surface area contributed by atoms with Gasteiger partial charge in [0.05, 0.1) is 13.2 Å². The Morgan fingerprint density at radius 1 is 1.12 bits per heavy atom. The van der Waals surface area contributed by atoms with Crippen molar-refractivity contribution < 1.29 is 9.47 Å². The minimum Gasteiger partial charge on any atom is -0.494 e. The normalized spacial score (nSPS) is 11.6. The Balaban J connectivity index is 1.62. The van der Waals surface area contributed by atoms with Crippen LogP contribution in [0.15, 0.2) is 60.8 Å². The molecule has 0 aliphatic heterocycles. The largest absolute Gasteiger partial charge is 0.494 e. The van der Waals surface area contributed by atoms with Crippen LogP contribution in [0.4, 0.5) is 5.69 Å². The van der Waals surface area contributed by atoms with Crippen LogP contribution < -0.4 is 20.1 Å². The molecular weight excluding hydrogens is 346 g/mol. The summed E-state index contributed by atoms with van der Waals surface area (Å²) in [5.41, 5.74) is 1.67. The van der Waals surface area contributed by atoms with E-state index >= 15 is 0 Å². The van der Waals surface area contributed by atoms with Crippen molar-refractivity contribution in [3.63, 3.8) is 0 Å². The zero-order valence-corrected chi connectivity index (χ0v) is 15.5. The third-order valence-corrected chi connectivity index (χ3v) is 4.04. The van der Waals surface area contributed by atoms with Gasteiger partial charge in [0.15, 0.2) is 5.11 Å². The van der Waals surface area contributed by atoms with Crippen LogP contribution in [0.3, 0.4) is 0 Å².